The fourth-order valence-electron chi connectivity index (χ4n) is 2.77. The fraction of sp³-hybridized carbons (Fsp3) is 0.533. The van der Waals surface area contributed by atoms with E-state index >= 15 is 0 Å². The zero-order valence-electron chi connectivity index (χ0n) is 13.4. The van der Waals surface area contributed by atoms with Crippen LogP contribution in [-0.4, -0.2) is 61.9 Å². The Hall–Kier alpha value is -1.60. The Labute approximate surface area is 132 Å². The first-order chi connectivity index (χ1) is 10.3. The summed E-state index contributed by atoms with van der Waals surface area (Å²) in [5.74, 6) is 0.00453. The number of amides is 2. The number of rotatable bonds is 3. The molecule has 0 radical (unpaired) electrons. The van der Waals surface area contributed by atoms with Gasteiger partial charge in [-0.15, -0.1) is 0 Å². The summed E-state index contributed by atoms with van der Waals surface area (Å²) >= 11 is 0. The number of sulfonamides is 1. The smallest absolute Gasteiger partial charge is 0.320 e. The third kappa shape index (κ3) is 2.96. The first-order valence-corrected chi connectivity index (χ1v) is 8.75. The van der Waals surface area contributed by atoms with Gasteiger partial charge < -0.3 is 9.80 Å². The molecule has 1 saturated heterocycles. The van der Waals surface area contributed by atoms with Crippen LogP contribution in [-0.2, 0) is 10.0 Å². The van der Waals surface area contributed by atoms with E-state index < -0.39 is 16.2 Å². The van der Waals surface area contributed by atoms with Crippen molar-refractivity contribution in [2.45, 2.75) is 24.9 Å². The van der Waals surface area contributed by atoms with Crippen LogP contribution >= 0.6 is 0 Å². The predicted molar refractivity (Wildman–Crippen MR) is 84.7 cm³/mol. The van der Waals surface area contributed by atoms with Gasteiger partial charge in [-0.3, -0.25) is 0 Å². The Kier molecular flexibility index (Phi) is 4.77. The van der Waals surface area contributed by atoms with Crippen LogP contribution in [0, 0.1) is 5.92 Å². The second-order valence-electron chi connectivity index (χ2n) is 5.96. The van der Waals surface area contributed by atoms with Crippen molar-refractivity contribution in [1.82, 2.24) is 14.1 Å². The molecule has 7 heteroatoms. The van der Waals surface area contributed by atoms with Gasteiger partial charge in [-0.1, -0.05) is 32.0 Å². The van der Waals surface area contributed by atoms with Gasteiger partial charge in [0.2, 0.25) is 10.0 Å². The highest BCUT2D eigenvalue weighted by Gasteiger charge is 2.44. The molecule has 6 nitrogen and oxygen atoms in total. The van der Waals surface area contributed by atoms with E-state index in [2.05, 4.69) is 0 Å². The number of hydrogen-bond donors (Lipinski definition) is 0. The second-order valence-corrected chi connectivity index (χ2v) is 7.85. The number of carbonyl (C=O) groups excluding carboxylic acids is 1. The lowest BCUT2D eigenvalue weighted by Crippen LogP contribution is -2.50. The zero-order valence-corrected chi connectivity index (χ0v) is 14.2. The Balaban J connectivity index is 2.37. The molecule has 1 fully saturated rings. The molecule has 0 bridgehead atoms. The minimum absolute atomic E-state index is 0.00453. The predicted octanol–water partition coefficient (Wildman–Crippen LogP) is 1.66. The van der Waals surface area contributed by atoms with E-state index in [0.717, 1.165) is 0 Å². The molecule has 1 aromatic carbocycles. The summed E-state index contributed by atoms with van der Waals surface area (Å²) in [5.41, 5.74) is 0. The van der Waals surface area contributed by atoms with Crippen molar-refractivity contribution in [2.75, 3.05) is 27.2 Å². The Morgan fingerprint density at radius 1 is 1.18 bits per heavy atom. The van der Waals surface area contributed by atoms with Crippen molar-refractivity contribution < 1.29 is 13.2 Å². The molecule has 1 aliphatic rings. The van der Waals surface area contributed by atoms with Crippen LogP contribution in [0.15, 0.2) is 35.2 Å². The normalized spacial score (nSPS) is 19.7. The van der Waals surface area contributed by atoms with Crippen molar-refractivity contribution in [3.05, 3.63) is 30.3 Å². The molecular formula is C15H23N3O3S. The van der Waals surface area contributed by atoms with E-state index in [-0.39, 0.29) is 16.8 Å². The van der Waals surface area contributed by atoms with Crippen LogP contribution in [0.2, 0.25) is 0 Å². The summed E-state index contributed by atoms with van der Waals surface area (Å²) in [7, 11) is -0.255. The maximum absolute atomic E-state index is 12.9. The molecule has 0 N–H and O–H groups in total. The standard InChI is InChI=1S/C15H23N3O3S/c1-12(2)14-17(15(19)16(3)4)10-11-18(14)22(20,21)13-8-6-5-7-9-13/h5-9,12,14H,10-11H2,1-4H3/t14-/m0/s1. The van der Waals surface area contributed by atoms with Gasteiger partial charge in [0, 0.05) is 27.2 Å². The number of hydrogen-bond acceptors (Lipinski definition) is 3. The van der Waals surface area contributed by atoms with Crippen molar-refractivity contribution in [3.63, 3.8) is 0 Å². The Morgan fingerprint density at radius 2 is 1.77 bits per heavy atom. The van der Waals surface area contributed by atoms with Crippen molar-refractivity contribution >= 4 is 16.1 Å². The van der Waals surface area contributed by atoms with Crippen LogP contribution in [0.25, 0.3) is 0 Å². The van der Waals surface area contributed by atoms with Gasteiger partial charge in [0.15, 0.2) is 0 Å². The van der Waals surface area contributed by atoms with Crippen LogP contribution in [0.3, 0.4) is 0 Å². The molecule has 0 aromatic heterocycles. The average molecular weight is 325 g/mol. The quantitative estimate of drug-likeness (QED) is 0.849. The molecule has 1 aliphatic heterocycles. The summed E-state index contributed by atoms with van der Waals surface area (Å²) < 4.78 is 27.2. The molecule has 1 aromatic rings. The first kappa shape index (κ1) is 16.8. The summed E-state index contributed by atoms with van der Waals surface area (Å²) in [6.45, 7) is 4.59. The fourth-order valence-corrected chi connectivity index (χ4v) is 4.51. The van der Waals surface area contributed by atoms with Crippen molar-refractivity contribution in [2.24, 2.45) is 5.92 Å². The molecule has 0 unspecified atom stereocenters. The highest BCUT2D eigenvalue weighted by molar-refractivity contribution is 7.89. The lowest BCUT2D eigenvalue weighted by Gasteiger charge is -2.33. The maximum atomic E-state index is 12.9. The molecule has 22 heavy (non-hydrogen) atoms. The largest absolute Gasteiger partial charge is 0.331 e. The van der Waals surface area contributed by atoms with Crippen LogP contribution < -0.4 is 0 Å². The molecule has 0 aliphatic carbocycles. The molecule has 122 valence electrons. The van der Waals surface area contributed by atoms with E-state index in [9.17, 15) is 13.2 Å². The number of benzene rings is 1. The second kappa shape index (κ2) is 6.26. The van der Waals surface area contributed by atoms with E-state index in [1.807, 2.05) is 13.8 Å². The lowest BCUT2D eigenvalue weighted by molar-refractivity contribution is 0.129. The van der Waals surface area contributed by atoms with E-state index in [4.69, 9.17) is 0 Å². The minimum Gasteiger partial charge on any atom is -0.331 e. The topological polar surface area (TPSA) is 60.9 Å². The highest BCUT2D eigenvalue weighted by Crippen LogP contribution is 2.29. The molecular weight excluding hydrogens is 302 g/mol. The number of urea groups is 1. The van der Waals surface area contributed by atoms with Gasteiger partial charge in [-0.2, -0.15) is 4.31 Å². The number of carbonyl (C=O) groups is 1. The molecule has 2 rings (SSSR count). The third-order valence-corrected chi connectivity index (χ3v) is 5.63. The Morgan fingerprint density at radius 3 is 2.27 bits per heavy atom. The van der Waals surface area contributed by atoms with E-state index in [1.54, 1.807) is 49.3 Å². The Bertz CT molecular complexity index is 629. The van der Waals surface area contributed by atoms with Gasteiger partial charge in [0.1, 0.15) is 6.17 Å². The first-order valence-electron chi connectivity index (χ1n) is 7.31. The maximum Gasteiger partial charge on any atom is 0.320 e. The van der Waals surface area contributed by atoms with Crippen LogP contribution in [0.1, 0.15) is 13.8 Å². The van der Waals surface area contributed by atoms with Gasteiger partial charge in [0.05, 0.1) is 4.90 Å². The number of nitrogens with zero attached hydrogens (tertiary/aromatic N) is 3. The van der Waals surface area contributed by atoms with Crippen molar-refractivity contribution in [1.29, 1.82) is 0 Å². The SMILES string of the molecule is CC(C)[C@H]1N(C(=O)N(C)C)CCN1S(=O)(=O)c1ccccc1. The summed E-state index contributed by atoms with van der Waals surface area (Å²) in [5, 5.41) is 0. The van der Waals surface area contributed by atoms with Crippen LogP contribution in [0.5, 0.6) is 0 Å². The van der Waals surface area contributed by atoms with Gasteiger partial charge >= 0.3 is 6.03 Å². The van der Waals surface area contributed by atoms with Gasteiger partial charge in [0.25, 0.3) is 0 Å². The van der Waals surface area contributed by atoms with E-state index in [0.29, 0.717) is 13.1 Å². The molecule has 1 heterocycles. The highest BCUT2D eigenvalue weighted by atomic mass is 32.2. The molecule has 2 amide bonds. The molecule has 0 spiro atoms. The van der Waals surface area contributed by atoms with Crippen LogP contribution in [0.4, 0.5) is 4.79 Å². The van der Waals surface area contributed by atoms with E-state index in [1.165, 1.54) is 9.21 Å². The van der Waals surface area contributed by atoms with Gasteiger partial charge in [-0.05, 0) is 18.1 Å². The minimum atomic E-state index is -3.60. The average Bonchev–Trinajstić information content (AvgIpc) is 2.92. The lowest BCUT2D eigenvalue weighted by atomic mass is 10.1. The summed E-state index contributed by atoms with van der Waals surface area (Å²) in [4.78, 5) is 15.7. The van der Waals surface area contributed by atoms with Gasteiger partial charge in [-0.25, -0.2) is 13.2 Å². The summed E-state index contributed by atoms with van der Waals surface area (Å²) in [6, 6.07) is 8.20. The molecule has 1 atom stereocenters. The summed E-state index contributed by atoms with van der Waals surface area (Å²) in [6.07, 6.45) is -0.458. The monoisotopic (exact) mass is 325 g/mol. The zero-order chi connectivity index (χ0) is 16.5. The third-order valence-electron chi connectivity index (χ3n) is 3.75. The molecule has 0 saturated carbocycles. The van der Waals surface area contributed by atoms with Crippen molar-refractivity contribution in [3.8, 4) is 0 Å².